The number of carbonyl (C=O) groups is 2. The summed E-state index contributed by atoms with van der Waals surface area (Å²) in [4.78, 5) is 22.3. The summed E-state index contributed by atoms with van der Waals surface area (Å²) >= 11 is 0. The van der Waals surface area contributed by atoms with E-state index in [4.69, 9.17) is 0 Å². The molecule has 104 valence electrons. The lowest BCUT2D eigenvalue weighted by molar-refractivity contribution is -0.132. The number of ether oxygens (including phenoxy) is 1. The maximum absolute atomic E-state index is 13.5. The highest BCUT2D eigenvalue weighted by Crippen LogP contribution is 2.23. The summed E-state index contributed by atoms with van der Waals surface area (Å²) in [5.74, 6) is -4.18. The van der Waals surface area contributed by atoms with Crippen LogP contribution in [-0.4, -0.2) is 18.4 Å². The molecule has 6 heteroatoms. The van der Waals surface area contributed by atoms with Crippen LogP contribution in [0.15, 0.2) is 12.1 Å². The number of benzene rings is 1. The number of esters is 1. The average molecular weight is 271 g/mol. The van der Waals surface area contributed by atoms with Crippen LogP contribution in [0.1, 0.15) is 31.1 Å². The van der Waals surface area contributed by atoms with Crippen molar-refractivity contribution in [2.45, 2.75) is 20.8 Å². The number of nitrogens with one attached hydrogen (secondary N) is 1. The van der Waals surface area contributed by atoms with Gasteiger partial charge in [-0.3, -0.25) is 9.59 Å². The van der Waals surface area contributed by atoms with Crippen LogP contribution in [0.5, 0.6) is 5.75 Å². The highest BCUT2D eigenvalue weighted by atomic mass is 19.1. The number of carbonyl (C=O) groups excluding carboxylic acids is 2. The van der Waals surface area contributed by atoms with E-state index in [-0.39, 0.29) is 11.5 Å². The SMILES string of the molecule is CC(=O)Oc1c(F)cc(C(=O)NCC(C)C)cc1F. The van der Waals surface area contributed by atoms with E-state index in [0.717, 1.165) is 19.1 Å². The highest BCUT2D eigenvalue weighted by Gasteiger charge is 2.17. The van der Waals surface area contributed by atoms with Gasteiger partial charge in [-0.25, -0.2) is 8.78 Å². The molecule has 1 aromatic rings. The molecule has 0 unspecified atom stereocenters. The molecule has 0 aliphatic heterocycles. The molecule has 19 heavy (non-hydrogen) atoms. The minimum absolute atomic E-state index is 0.161. The van der Waals surface area contributed by atoms with Gasteiger partial charge >= 0.3 is 5.97 Å². The zero-order chi connectivity index (χ0) is 14.6. The molecule has 0 fully saturated rings. The summed E-state index contributed by atoms with van der Waals surface area (Å²) in [6, 6.07) is 1.66. The molecule has 0 spiro atoms. The van der Waals surface area contributed by atoms with Gasteiger partial charge in [0.05, 0.1) is 0 Å². The van der Waals surface area contributed by atoms with Crippen LogP contribution < -0.4 is 10.1 Å². The van der Waals surface area contributed by atoms with Gasteiger partial charge in [0, 0.05) is 19.0 Å². The first-order chi connectivity index (χ1) is 8.81. The van der Waals surface area contributed by atoms with Crippen LogP contribution in [0.2, 0.25) is 0 Å². The van der Waals surface area contributed by atoms with Crippen LogP contribution >= 0.6 is 0 Å². The summed E-state index contributed by atoms with van der Waals surface area (Å²) in [5.41, 5.74) is -0.161. The molecule has 0 aliphatic rings. The smallest absolute Gasteiger partial charge is 0.308 e. The van der Waals surface area contributed by atoms with Crippen molar-refractivity contribution in [3.8, 4) is 5.75 Å². The van der Waals surface area contributed by atoms with Gasteiger partial charge in [0.1, 0.15) is 0 Å². The van der Waals surface area contributed by atoms with Gasteiger partial charge < -0.3 is 10.1 Å². The van der Waals surface area contributed by atoms with Gasteiger partial charge in [0.15, 0.2) is 11.6 Å². The standard InChI is InChI=1S/C13H15F2NO3/c1-7(2)6-16-13(18)9-4-10(14)12(11(15)5-9)19-8(3)17/h4-5,7H,6H2,1-3H3,(H,16,18). The van der Waals surface area contributed by atoms with E-state index < -0.39 is 29.3 Å². The van der Waals surface area contributed by atoms with Gasteiger partial charge in [0.25, 0.3) is 5.91 Å². The van der Waals surface area contributed by atoms with Gasteiger partial charge in [-0.1, -0.05) is 13.8 Å². The first-order valence-corrected chi connectivity index (χ1v) is 5.77. The third kappa shape index (κ3) is 4.31. The summed E-state index contributed by atoms with van der Waals surface area (Å²) in [6.45, 7) is 5.21. The number of amides is 1. The van der Waals surface area contributed by atoms with Crippen molar-refractivity contribution >= 4 is 11.9 Å². The predicted molar refractivity (Wildman–Crippen MR) is 64.8 cm³/mol. The Balaban J connectivity index is 2.94. The van der Waals surface area contributed by atoms with Crippen molar-refractivity contribution in [1.29, 1.82) is 0 Å². The van der Waals surface area contributed by atoms with Crippen molar-refractivity contribution in [3.63, 3.8) is 0 Å². The Morgan fingerprint density at radius 1 is 1.26 bits per heavy atom. The van der Waals surface area contributed by atoms with Crippen LogP contribution in [-0.2, 0) is 4.79 Å². The third-order valence-corrected chi connectivity index (χ3v) is 2.18. The molecule has 4 nitrogen and oxygen atoms in total. The molecular formula is C13H15F2NO3. The van der Waals surface area contributed by atoms with Gasteiger partial charge in [0.2, 0.25) is 5.75 Å². The van der Waals surface area contributed by atoms with Crippen molar-refractivity contribution in [1.82, 2.24) is 5.32 Å². The Kier molecular flexibility index (Phi) is 4.97. The van der Waals surface area contributed by atoms with Crippen molar-refractivity contribution in [3.05, 3.63) is 29.3 Å². The lowest BCUT2D eigenvalue weighted by atomic mass is 10.1. The summed E-state index contributed by atoms with van der Waals surface area (Å²) in [7, 11) is 0. The molecule has 1 rings (SSSR count). The lowest BCUT2D eigenvalue weighted by Gasteiger charge is -2.09. The Labute approximate surface area is 109 Å². The summed E-state index contributed by atoms with van der Waals surface area (Å²) in [6.07, 6.45) is 0. The maximum Gasteiger partial charge on any atom is 0.308 e. The predicted octanol–water partition coefficient (Wildman–Crippen LogP) is 2.28. The van der Waals surface area contributed by atoms with E-state index in [2.05, 4.69) is 10.1 Å². The fraction of sp³-hybridized carbons (Fsp3) is 0.385. The fourth-order valence-electron chi connectivity index (χ4n) is 1.33. The second kappa shape index (κ2) is 6.26. The van der Waals surface area contributed by atoms with E-state index in [1.54, 1.807) is 0 Å². The van der Waals surface area contributed by atoms with Crippen molar-refractivity contribution in [2.75, 3.05) is 6.54 Å². The maximum atomic E-state index is 13.5. The monoisotopic (exact) mass is 271 g/mol. The first kappa shape index (κ1) is 15.1. The van der Waals surface area contributed by atoms with E-state index in [1.807, 2.05) is 13.8 Å². The Hall–Kier alpha value is -1.98. The molecule has 1 aromatic carbocycles. The minimum Gasteiger partial charge on any atom is -0.420 e. The Bertz CT molecular complexity index is 478. The van der Waals surface area contributed by atoms with Gasteiger partial charge in [-0.15, -0.1) is 0 Å². The normalized spacial score (nSPS) is 10.4. The second-order valence-corrected chi connectivity index (χ2v) is 4.47. The molecule has 0 saturated heterocycles. The molecule has 0 bridgehead atoms. The molecule has 0 aromatic heterocycles. The number of halogens is 2. The van der Waals surface area contributed by atoms with Gasteiger partial charge in [-0.2, -0.15) is 0 Å². The van der Waals surface area contributed by atoms with E-state index in [9.17, 15) is 18.4 Å². The lowest BCUT2D eigenvalue weighted by Crippen LogP contribution is -2.27. The van der Waals surface area contributed by atoms with Crippen LogP contribution in [0.3, 0.4) is 0 Å². The summed E-state index contributed by atoms with van der Waals surface area (Å²) < 4.78 is 31.5. The molecule has 1 amide bonds. The molecule has 0 radical (unpaired) electrons. The van der Waals surface area contributed by atoms with Crippen LogP contribution in [0.4, 0.5) is 8.78 Å². The van der Waals surface area contributed by atoms with E-state index in [1.165, 1.54) is 0 Å². The molecular weight excluding hydrogens is 256 g/mol. The molecule has 1 N–H and O–H groups in total. The fourth-order valence-corrected chi connectivity index (χ4v) is 1.33. The summed E-state index contributed by atoms with van der Waals surface area (Å²) in [5, 5.41) is 2.53. The highest BCUT2D eigenvalue weighted by molar-refractivity contribution is 5.94. The van der Waals surface area contributed by atoms with Crippen LogP contribution in [0, 0.1) is 17.6 Å². The Morgan fingerprint density at radius 2 is 1.79 bits per heavy atom. The Morgan fingerprint density at radius 3 is 2.21 bits per heavy atom. The largest absolute Gasteiger partial charge is 0.420 e. The minimum atomic E-state index is -1.09. The van der Waals surface area contributed by atoms with Gasteiger partial charge in [-0.05, 0) is 18.1 Å². The quantitative estimate of drug-likeness (QED) is 0.675. The molecule has 0 atom stereocenters. The molecule has 0 aliphatic carbocycles. The zero-order valence-corrected chi connectivity index (χ0v) is 10.9. The van der Waals surface area contributed by atoms with E-state index in [0.29, 0.717) is 6.54 Å². The van der Waals surface area contributed by atoms with Crippen molar-refractivity contribution in [2.24, 2.45) is 5.92 Å². The third-order valence-electron chi connectivity index (χ3n) is 2.18. The van der Waals surface area contributed by atoms with E-state index >= 15 is 0 Å². The van der Waals surface area contributed by atoms with Crippen molar-refractivity contribution < 1.29 is 23.1 Å². The number of hydrogen-bond acceptors (Lipinski definition) is 3. The second-order valence-electron chi connectivity index (χ2n) is 4.47. The molecule has 0 heterocycles. The van der Waals surface area contributed by atoms with Crippen LogP contribution in [0.25, 0.3) is 0 Å². The average Bonchev–Trinajstić information content (AvgIpc) is 2.30. The zero-order valence-electron chi connectivity index (χ0n) is 10.9. The topological polar surface area (TPSA) is 55.4 Å². The molecule has 0 saturated carbocycles. The first-order valence-electron chi connectivity index (χ1n) is 5.77. The number of hydrogen-bond donors (Lipinski definition) is 1. The number of rotatable bonds is 4.